The van der Waals surface area contributed by atoms with Gasteiger partial charge in [0.15, 0.2) is 0 Å². The Morgan fingerprint density at radius 1 is 0.809 bits per heavy atom. The summed E-state index contributed by atoms with van der Waals surface area (Å²) >= 11 is 12.2. The number of hydrogen-bond donors (Lipinski definition) is 1. The SMILES string of the molecule is CCOc1ccc(N(CC(=O)N(Cc2ccc(Cl)cc2)[C@@H](Cc2ccccc2)C(=O)N[C@H](C)CC)S(=O)(=O)c2ccc(Cl)cc2)cc1. The van der Waals surface area contributed by atoms with Crippen LogP contribution in [-0.4, -0.2) is 50.4 Å². The van der Waals surface area contributed by atoms with E-state index in [2.05, 4.69) is 5.32 Å². The molecule has 8 nitrogen and oxygen atoms in total. The molecule has 0 aliphatic heterocycles. The molecule has 0 spiro atoms. The number of amides is 2. The number of ether oxygens (including phenoxy) is 1. The molecule has 248 valence electrons. The van der Waals surface area contributed by atoms with Crippen molar-refractivity contribution in [2.75, 3.05) is 17.5 Å². The quantitative estimate of drug-likeness (QED) is 0.143. The number of nitrogens with one attached hydrogen (secondary N) is 1. The molecule has 2 amide bonds. The number of carbonyl (C=O) groups excluding carboxylic acids is 2. The Balaban J connectivity index is 1.80. The highest BCUT2D eigenvalue weighted by Crippen LogP contribution is 2.28. The van der Waals surface area contributed by atoms with Gasteiger partial charge in [0.1, 0.15) is 18.3 Å². The van der Waals surface area contributed by atoms with Crippen LogP contribution >= 0.6 is 23.2 Å². The van der Waals surface area contributed by atoms with Gasteiger partial charge in [-0.15, -0.1) is 0 Å². The second-order valence-corrected chi connectivity index (χ2v) is 13.8. The summed E-state index contributed by atoms with van der Waals surface area (Å²) in [5.74, 6) is -0.342. The zero-order valence-electron chi connectivity index (χ0n) is 26.6. The molecule has 0 bridgehead atoms. The topological polar surface area (TPSA) is 96.0 Å². The molecule has 4 aromatic rings. The number of nitrogens with zero attached hydrogens (tertiary/aromatic N) is 2. The summed E-state index contributed by atoms with van der Waals surface area (Å²) in [4.78, 5) is 29.9. The van der Waals surface area contributed by atoms with Crippen molar-refractivity contribution < 1.29 is 22.7 Å². The van der Waals surface area contributed by atoms with Gasteiger partial charge in [-0.2, -0.15) is 0 Å². The second-order valence-electron chi connectivity index (χ2n) is 11.1. The van der Waals surface area contributed by atoms with Gasteiger partial charge in [-0.3, -0.25) is 13.9 Å². The summed E-state index contributed by atoms with van der Waals surface area (Å²) in [5, 5.41) is 3.93. The molecule has 0 radical (unpaired) electrons. The molecular weight excluding hydrogens is 657 g/mol. The van der Waals surface area contributed by atoms with Gasteiger partial charge >= 0.3 is 0 Å². The molecule has 0 aliphatic carbocycles. The molecule has 4 aromatic carbocycles. The molecule has 4 rings (SSSR count). The van der Waals surface area contributed by atoms with Crippen LogP contribution in [0, 0.1) is 0 Å². The zero-order valence-corrected chi connectivity index (χ0v) is 28.9. The van der Waals surface area contributed by atoms with E-state index in [1.54, 1.807) is 48.5 Å². The minimum Gasteiger partial charge on any atom is -0.494 e. The number of anilines is 1. The number of hydrogen-bond acceptors (Lipinski definition) is 5. The van der Waals surface area contributed by atoms with Crippen molar-refractivity contribution >= 4 is 50.7 Å². The third-order valence-electron chi connectivity index (χ3n) is 7.65. The van der Waals surface area contributed by atoms with Crippen LogP contribution in [0.15, 0.2) is 108 Å². The van der Waals surface area contributed by atoms with Gasteiger partial charge < -0.3 is 15.0 Å². The molecular formula is C36H39Cl2N3O5S. The average Bonchev–Trinajstić information content (AvgIpc) is 3.07. The lowest BCUT2D eigenvalue weighted by Gasteiger charge is -2.34. The van der Waals surface area contributed by atoms with Gasteiger partial charge in [-0.05, 0) is 92.1 Å². The molecule has 0 fully saturated rings. The van der Waals surface area contributed by atoms with Gasteiger partial charge in [0, 0.05) is 29.1 Å². The van der Waals surface area contributed by atoms with E-state index in [-0.39, 0.29) is 35.5 Å². The van der Waals surface area contributed by atoms with Gasteiger partial charge in [-0.1, -0.05) is 72.6 Å². The van der Waals surface area contributed by atoms with Gasteiger partial charge in [0.25, 0.3) is 10.0 Å². The van der Waals surface area contributed by atoms with Gasteiger partial charge in [0.05, 0.1) is 17.2 Å². The van der Waals surface area contributed by atoms with Crippen molar-refractivity contribution in [2.24, 2.45) is 0 Å². The normalized spacial score (nSPS) is 12.5. The summed E-state index contributed by atoms with van der Waals surface area (Å²) < 4.78 is 35.0. The molecule has 2 atom stereocenters. The molecule has 0 aromatic heterocycles. The van der Waals surface area contributed by atoms with Crippen LogP contribution in [0.25, 0.3) is 0 Å². The molecule has 0 heterocycles. The fourth-order valence-electron chi connectivity index (χ4n) is 4.92. The van der Waals surface area contributed by atoms with E-state index in [0.717, 1.165) is 15.4 Å². The lowest BCUT2D eigenvalue weighted by atomic mass is 10.0. The molecule has 11 heteroatoms. The lowest BCUT2D eigenvalue weighted by Crippen LogP contribution is -2.54. The Hall–Kier alpha value is -4.05. The smallest absolute Gasteiger partial charge is 0.264 e. The molecule has 0 unspecified atom stereocenters. The summed E-state index contributed by atoms with van der Waals surface area (Å²) in [6, 6.07) is 27.5. The number of halogens is 2. The minimum atomic E-state index is -4.26. The molecule has 47 heavy (non-hydrogen) atoms. The predicted molar refractivity (Wildman–Crippen MR) is 187 cm³/mol. The first-order valence-corrected chi connectivity index (χ1v) is 17.6. The Labute approximate surface area is 287 Å². The van der Waals surface area contributed by atoms with Crippen molar-refractivity contribution in [3.8, 4) is 5.75 Å². The highest BCUT2D eigenvalue weighted by Gasteiger charge is 2.35. The van der Waals surface area contributed by atoms with Crippen LogP contribution in [0.1, 0.15) is 38.3 Å². The second kappa shape index (κ2) is 16.7. The third-order valence-corrected chi connectivity index (χ3v) is 9.95. The van der Waals surface area contributed by atoms with Crippen LogP contribution in [0.5, 0.6) is 5.75 Å². The summed E-state index contributed by atoms with van der Waals surface area (Å²) in [6.45, 7) is 5.61. The van der Waals surface area contributed by atoms with E-state index >= 15 is 0 Å². The Morgan fingerprint density at radius 2 is 1.40 bits per heavy atom. The van der Waals surface area contributed by atoms with Crippen LogP contribution in [0.2, 0.25) is 10.0 Å². The van der Waals surface area contributed by atoms with Crippen molar-refractivity contribution in [1.29, 1.82) is 0 Å². The number of rotatable bonds is 15. The van der Waals surface area contributed by atoms with E-state index in [0.29, 0.717) is 28.8 Å². The maximum absolute atomic E-state index is 14.6. The van der Waals surface area contributed by atoms with E-state index < -0.39 is 28.5 Å². The lowest BCUT2D eigenvalue weighted by molar-refractivity contribution is -0.140. The first-order valence-electron chi connectivity index (χ1n) is 15.4. The van der Waals surface area contributed by atoms with Crippen LogP contribution in [0.4, 0.5) is 5.69 Å². The van der Waals surface area contributed by atoms with Crippen molar-refractivity contribution in [1.82, 2.24) is 10.2 Å². The molecule has 0 saturated carbocycles. The largest absolute Gasteiger partial charge is 0.494 e. The zero-order chi connectivity index (χ0) is 34.0. The third kappa shape index (κ3) is 9.73. The van der Waals surface area contributed by atoms with Gasteiger partial charge in [-0.25, -0.2) is 8.42 Å². The fraction of sp³-hybridized carbons (Fsp3) is 0.278. The Morgan fingerprint density at radius 3 is 1.98 bits per heavy atom. The molecule has 0 aliphatic rings. The molecule has 0 saturated heterocycles. The first kappa shape index (κ1) is 35.8. The van der Waals surface area contributed by atoms with Crippen LogP contribution < -0.4 is 14.4 Å². The van der Waals surface area contributed by atoms with Crippen LogP contribution in [0.3, 0.4) is 0 Å². The Bertz CT molecular complexity index is 1720. The monoisotopic (exact) mass is 695 g/mol. The summed E-state index contributed by atoms with van der Waals surface area (Å²) in [5.41, 5.74) is 1.83. The fourth-order valence-corrected chi connectivity index (χ4v) is 6.59. The van der Waals surface area contributed by atoms with E-state index in [4.69, 9.17) is 27.9 Å². The van der Waals surface area contributed by atoms with Gasteiger partial charge in [0.2, 0.25) is 11.8 Å². The summed E-state index contributed by atoms with van der Waals surface area (Å²) in [6.07, 6.45) is 0.912. The highest BCUT2D eigenvalue weighted by atomic mass is 35.5. The number of benzene rings is 4. The average molecular weight is 697 g/mol. The van der Waals surface area contributed by atoms with Crippen LogP contribution in [-0.2, 0) is 32.6 Å². The van der Waals surface area contributed by atoms with E-state index in [9.17, 15) is 18.0 Å². The van der Waals surface area contributed by atoms with E-state index in [1.807, 2.05) is 51.1 Å². The van der Waals surface area contributed by atoms with E-state index in [1.165, 1.54) is 29.2 Å². The standard InChI is InChI=1S/C36H39Cl2N3O5S/c1-4-26(3)39-36(43)34(23-27-9-7-6-8-10-27)40(24-28-11-13-29(37)14-12-28)35(42)25-41(31-17-19-32(20-18-31)46-5-2)47(44,45)33-21-15-30(38)16-22-33/h6-22,26,34H,4-5,23-25H2,1-3H3,(H,39,43)/t26-,34+/m1/s1. The predicted octanol–water partition coefficient (Wildman–Crippen LogP) is 7.14. The maximum Gasteiger partial charge on any atom is 0.264 e. The van der Waals surface area contributed by atoms with Crippen molar-refractivity contribution in [3.05, 3.63) is 124 Å². The molecule has 1 N–H and O–H groups in total. The Kier molecular flexibility index (Phi) is 12.7. The first-order chi connectivity index (χ1) is 22.5. The summed E-state index contributed by atoms with van der Waals surface area (Å²) in [7, 11) is -4.26. The number of carbonyl (C=O) groups is 2. The maximum atomic E-state index is 14.6. The minimum absolute atomic E-state index is 0.0387. The highest BCUT2D eigenvalue weighted by molar-refractivity contribution is 7.92. The van der Waals surface area contributed by atoms with Crippen molar-refractivity contribution in [2.45, 2.75) is 57.1 Å². The number of sulfonamides is 1. The van der Waals surface area contributed by atoms with Crippen molar-refractivity contribution in [3.63, 3.8) is 0 Å².